The Morgan fingerprint density at radius 3 is 2.31 bits per heavy atom. The van der Waals surface area contributed by atoms with Crippen molar-refractivity contribution in [3.05, 3.63) is 29.8 Å². The van der Waals surface area contributed by atoms with Gasteiger partial charge in [0.15, 0.2) is 0 Å². The SMILES string of the molecule is CCCNCc1ccc(N(C)CCC)cc1. The molecule has 0 aliphatic rings. The second kappa shape index (κ2) is 7.29. The summed E-state index contributed by atoms with van der Waals surface area (Å²) in [6.07, 6.45) is 2.38. The molecule has 0 fully saturated rings. The Labute approximate surface area is 99.7 Å². The van der Waals surface area contributed by atoms with Crippen LogP contribution in [0.5, 0.6) is 0 Å². The van der Waals surface area contributed by atoms with Gasteiger partial charge in [-0.2, -0.15) is 0 Å². The predicted molar refractivity (Wildman–Crippen MR) is 72.0 cm³/mol. The van der Waals surface area contributed by atoms with Crippen molar-refractivity contribution in [2.24, 2.45) is 0 Å². The monoisotopic (exact) mass is 220 g/mol. The third-order valence-corrected chi connectivity index (χ3v) is 2.69. The van der Waals surface area contributed by atoms with E-state index >= 15 is 0 Å². The van der Waals surface area contributed by atoms with Crippen molar-refractivity contribution in [2.45, 2.75) is 33.2 Å². The molecular formula is C14H24N2. The predicted octanol–water partition coefficient (Wildman–Crippen LogP) is 3.03. The number of hydrogen-bond acceptors (Lipinski definition) is 2. The maximum Gasteiger partial charge on any atom is 0.0363 e. The van der Waals surface area contributed by atoms with Crippen LogP contribution in [0, 0.1) is 0 Å². The number of rotatable bonds is 7. The molecule has 0 saturated carbocycles. The summed E-state index contributed by atoms with van der Waals surface area (Å²) in [7, 11) is 2.15. The molecule has 16 heavy (non-hydrogen) atoms. The number of benzene rings is 1. The summed E-state index contributed by atoms with van der Waals surface area (Å²) in [5.74, 6) is 0. The van der Waals surface area contributed by atoms with Crippen LogP contribution in [0.25, 0.3) is 0 Å². The first-order valence-corrected chi connectivity index (χ1v) is 6.28. The molecule has 1 rings (SSSR count). The van der Waals surface area contributed by atoms with Gasteiger partial charge in [-0.15, -0.1) is 0 Å². The second-order valence-corrected chi connectivity index (χ2v) is 4.26. The van der Waals surface area contributed by atoms with Crippen LogP contribution in [-0.2, 0) is 6.54 Å². The smallest absolute Gasteiger partial charge is 0.0363 e. The molecule has 0 heterocycles. The van der Waals surface area contributed by atoms with Crippen molar-refractivity contribution >= 4 is 5.69 Å². The normalized spacial score (nSPS) is 10.4. The molecule has 0 spiro atoms. The van der Waals surface area contributed by atoms with Gasteiger partial charge in [0.1, 0.15) is 0 Å². The molecule has 1 aromatic rings. The second-order valence-electron chi connectivity index (χ2n) is 4.26. The Morgan fingerprint density at radius 2 is 1.75 bits per heavy atom. The zero-order chi connectivity index (χ0) is 11.8. The van der Waals surface area contributed by atoms with E-state index < -0.39 is 0 Å². The molecule has 0 aromatic heterocycles. The topological polar surface area (TPSA) is 15.3 Å². The molecule has 0 amide bonds. The molecule has 0 saturated heterocycles. The van der Waals surface area contributed by atoms with E-state index in [-0.39, 0.29) is 0 Å². The molecule has 0 unspecified atom stereocenters. The fraction of sp³-hybridized carbons (Fsp3) is 0.571. The zero-order valence-corrected chi connectivity index (χ0v) is 10.8. The lowest BCUT2D eigenvalue weighted by atomic mass is 10.2. The molecule has 2 nitrogen and oxygen atoms in total. The average Bonchev–Trinajstić information content (AvgIpc) is 2.30. The first-order chi connectivity index (χ1) is 7.77. The van der Waals surface area contributed by atoms with Gasteiger partial charge in [0, 0.05) is 25.8 Å². The molecule has 0 aliphatic carbocycles. The van der Waals surface area contributed by atoms with Gasteiger partial charge in [-0.3, -0.25) is 0 Å². The lowest BCUT2D eigenvalue weighted by Gasteiger charge is -2.18. The van der Waals surface area contributed by atoms with Crippen LogP contribution in [0.4, 0.5) is 5.69 Å². The molecule has 0 atom stereocenters. The Morgan fingerprint density at radius 1 is 1.06 bits per heavy atom. The first kappa shape index (κ1) is 13.0. The standard InChI is InChI=1S/C14H24N2/c1-4-10-15-12-13-6-8-14(9-7-13)16(3)11-5-2/h6-9,15H,4-5,10-12H2,1-3H3. The minimum absolute atomic E-state index is 0.978. The first-order valence-electron chi connectivity index (χ1n) is 6.28. The third-order valence-electron chi connectivity index (χ3n) is 2.69. The summed E-state index contributed by atoms with van der Waals surface area (Å²) in [5.41, 5.74) is 2.67. The summed E-state index contributed by atoms with van der Waals surface area (Å²) in [4.78, 5) is 2.29. The Kier molecular flexibility index (Phi) is 5.94. The molecular weight excluding hydrogens is 196 g/mol. The van der Waals surface area contributed by atoms with Crippen molar-refractivity contribution < 1.29 is 0 Å². The lowest BCUT2D eigenvalue weighted by Crippen LogP contribution is -2.18. The molecule has 2 heteroatoms. The number of nitrogens with one attached hydrogen (secondary N) is 1. The highest BCUT2D eigenvalue weighted by Crippen LogP contribution is 2.13. The van der Waals surface area contributed by atoms with E-state index in [1.165, 1.54) is 24.1 Å². The van der Waals surface area contributed by atoms with E-state index in [4.69, 9.17) is 0 Å². The Balaban J connectivity index is 2.47. The van der Waals surface area contributed by atoms with Gasteiger partial charge in [0.25, 0.3) is 0 Å². The maximum atomic E-state index is 3.41. The molecule has 1 N–H and O–H groups in total. The fourth-order valence-electron chi connectivity index (χ4n) is 1.74. The van der Waals surface area contributed by atoms with E-state index in [0.29, 0.717) is 0 Å². The largest absolute Gasteiger partial charge is 0.375 e. The Bertz CT molecular complexity index is 279. The summed E-state index contributed by atoms with van der Waals surface area (Å²) < 4.78 is 0. The van der Waals surface area contributed by atoms with Crippen LogP contribution >= 0.6 is 0 Å². The third kappa shape index (κ3) is 4.23. The van der Waals surface area contributed by atoms with Crippen LogP contribution in [0.15, 0.2) is 24.3 Å². The molecule has 0 bridgehead atoms. The highest BCUT2D eigenvalue weighted by molar-refractivity contribution is 5.46. The van der Waals surface area contributed by atoms with E-state index in [0.717, 1.165) is 19.6 Å². The zero-order valence-electron chi connectivity index (χ0n) is 10.8. The van der Waals surface area contributed by atoms with Crippen molar-refractivity contribution in [3.63, 3.8) is 0 Å². The van der Waals surface area contributed by atoms with E-state index in [2.05, 4.69) is 55.4 Å². The Hall–Kier alpha value is -1.02. The quantitative estimate of drug-likeness (QED) is 0.711. The van der Waals surface area contributed by atoms with Gasteiger partial charge >= 0.3 is 0 Å². The highest BCUT2D eigenvalue weighted by Gasteiger charge is 1.99. The minimum atomic E-state index is 0.978. The van der Waals surface area contributed by atoms with E-state index in [1.807, 2.05) is 0 Å². The van der Waals surface area contributed by atoms with Crippen LogP contribution in [0.1, 0.15) is 32.3 Å². The van der Waals surface area contributed by atoms with Gasteiger partial charge in [-0.05, 0) is 37.1 Å². The highest BCUT2D eigenvalue weighted by atomic mass is 15.1. The van der Waals surface area contributed by atoms with Crippen LogP contribution in [-0.4, -0.2) is 20.1 Å². The summed E-state index contributed by atoms with van der Waals surface area (Å²) in [6, 6.07) is 8.84. The molecule has 0 aliphatic heterocycles. The van der Waals surface area contributed by atoms with Crippen molar-refractivity contribution in [1.82, 2.24) is 5.32 Å². The van der Waals surface area contributed by atoms with Crippen LogP contribution < -0.4 is 10.2 Å². The van der Waals surface area contributed by atoms with Gasteiger partial charge in [0.05, 0.1) is 0 Å². The van der Waals surface area contributed by atoms with Crippen LogP contribution in [0.3, 0.4) is 0 Å². The summed E-state index contributed by atoms with van der Waals surface area (Å²) >= 11 is 0. The van der Waals surface area contributed by atoms with Gasteiger partial charge in [0.2, 0.25) is 0 Å². The van der Waals surface area contributed by atoms with Gasteiger partial charge < -0.3 is 10.2 Å². The molecule has 90 valence electrons. The fourth-order valence-corrected chi connectivity index (χ4v) is 1.74. The van der Waals surface area contributed by atoms with Crippen molar-refractivity contribution in [1.29, 1.82) is 0 Å². The summed E-state index contributed by atoms with van der Waals surface area (Å²) in [6.45, 7) is 7.59. The van der Waals surface area contributed by atoms with Gasteiger partial charge in [-0.25, -0.2) is 0 Å². The number of hydrogen-bond donors (Lipinski definition) is 1. The van der Waals surface area contributed by atoms with Crippen molar-refractivity contribution in [3.8, 4) is 0 Å². The number of anilines is 1. The lowest BCUT2D eigenvalue weighted by molar-refractivity contribution is 0.675. The van der Waals surface area contributed by atoms with E-state index in [9.17, 15) is 0 Å². The average molecular weight is 220 g/mol. The number of nitrogens with zero attached hydrogens (tertiary/aromatic N) is 1. The van der Waals surface area contributed by atoms with Crippen LogP contribution in [0.2, 0.25) is 0 Å². The van der Waals surface area contributed by atoms with Gasteiger partial charge in [-0.1, -0.05) is 26.0 Å². The maximum absolute atomic E-state index is 3.41. The minimum Gasteiger partial charge on any atom is -0.375 e. The van der Waals surface area contributed by atoms with Crippen molar-refractivity contribution in [2.75, 3.05) is 25.0 Å². The van der Waals surface area contributed by atoms with E-state index in [1.54, 1.807) is 0 Å². The molecule has 0 radical (unpaired) electrons. The summed E-state index contributed by atoms with van der Waals surface area (Å²) in [5, 5.41) is 3.41. The molecule has 1 aromatic carbocycles.